The van der Waals surface area contributed by atoms with Gasteiger partial charge in [-0.2, -0.15) is 0 Å². The number of amides is 1. The van der Waals surface area contributed by atoms with Gasteiger partial charge in [0, 0.05) is 18.7 Å². The minimum absolute atomic E-state index is 0.103. The van der Waals surface area contributed by atoms with E-state index in [1.807, 2.05) is 0 Å². The van der Waals surface area contributed by atoms with E-state index in [4.69, 9.17) is 9.84 Å². The van der Waals surface area contributed by atoms with Crippen LogP contribution in [0.2, 0.25) is 0 Å². The molecule has 1 saturated heterocycles. The van der Waals surface area contributed by atoms with E-state index in [9.17, 15) is 18.4 Å². The molecule has 120 valence electrons. The summed E-state index contributed by atoms with van der Waals surface area (Å²) in [6.45, 7) is 2.02. The fourth-order valence-corrected chi connectivity index (χ4v) is 2.56. The number of carbonyl (C=O) groups excluding carboxylic acids is 1. The Hall–Kier alpha value is -2.02. The van der Waals surface area contributed by atoms with Gasteiger partial charge >= 0.3 is 5.97 Å². The van der Waals surface area contributed by atoms with Crippen LogP contribution in [0.3, 0.4) is 0 Å². The van der Waals surface area contributed by atoms with Crippen LogP contribution in [0.25, 0.3) is 0 Å². The predicted molar refractivity (Wildman–Crippen MR) is 73.3 cm³/mol. The van der Waals surface area contributed by atoms with Crippen LogP contribution in [-0.4, -0.2) is 47.7 Å². The van der Waals surface area contributed by atoms with E-state index in [0.29, 0.717) is 0 Å². The van der Waals surface area contributed by atoms with Gasteiger partial charge in [0.25, 0.3) is 0 Å². The number of rotatable bonds is 4. The molecule has 7 heteroatoms. The van der Waals surface area contributed by atoms with Crippen molar-refractivity contribution in [1.29, 1.82) is 0 Å². The van der Waals surface area contributed by atoms with Gasteiger partial charge in [-0.3, -0.25) is 9.59 Å². The third-order valence-electron chi connectivity index (χ3n) is 3.66. The molecule has 2 unspecified atom stereocenters. The van der Waals surface area contributed by atoms with Crippen molar-refractivity contribution >= 4 is 11.9 Å². The van der Waals surface area contributed by atoms with Gasteiger partial charge in [-0.25, -0.2) is 8.78 Å². The van der Waals surface area contributed by atoms with E-state index in [-0.39, 0.29) is 31.7 Å². The maximum absolute atomic E-state index is 13.8. The number of hydrogen-bond acceptors (Lipinski definition) is 3. The van der Waals surface area contributed by atoms with Gasteiger partial charge in [0.1, 0.15) is 11.6 Å². The number of carboxylic acid groups (broad SMARTS) is 1. The topological polar surface area (TPSA) is 66.8 Å². The lowest BCUT2D eigenvalue weighted by Gasteiger charge is -2.34. The van der Waals surface area contributed by atoms with Crippen molar-refractivity contribution in [2.24, 2.45) is 0 Å². The third-order valence-corrected chi connectivity index (χ3v) is 3.66. The van der Waals surface area contributed by atoms with Crippen LogP contribution in [-0.2, 0) is 14.3 Å². The van der Waals surface area contributed by atoms with Crippen LogP contribution in [0.1, 0.15) is 24.8 Å². The highest BCUT2D eigenvalue weighted by Gasteiger charge is 2.31. The molecule has 1 N–H and O–H groups in total. The average Bonchev–Trinajstić information content (AvgIpc) is 2.45. The molecule has 1 aliphatic heterocycles. The molecule has 1 amide bonds. The fraction of sp³-hybridized carbons (Fsp3) is 0.467. The highest BCUT2D eigenvalue weighted by molar-refractivity contribution is 5.83. The van der Waals surface area contributed by atoms with Crippen molar-refractivity contribution < 1.29 is 28.2 Å². The molecule has 5 nitrogen and oxygen atoms in total. The first-order valence-corrected chi connectivity index (χ1v) is 6.96. The molecule has 0 aliphatic carbocycles. The van der Waals surface area contributed by atoms with E-state index in [1.165, 1.54) is 17.9 Å². The van der Waals surface area contributed by atoms with Crippen LogP contribution in [0, 0.1) is 11.6 Å². The minimum atomic E-state index is -1.02. The van der Waals surface area contributed by atoms with Crippen LogP contribution in [0.15, 0.2) is 18.2 Å². The Morgan fingerprint density at radius 2 is 2.05 bits per heavy atom. The molecule has 1 aliphatic rings. The molecule has 1 fully saturated rings. The summed E-state index contributed by atoms with van der Waals surface area (Å²) in [5, 5.41) is 8.77. The molecule has 1 aromatic carbocycles. The Kier molecular flexibility index (Phi) is 5.07. The monoisotopic (exact) mass is 313 g/mol. The van der Waals surface area contributed by atoms with Crippen molar-refractivity contribution in [3.8, 4) is 0 Å². The van der Waals surface area contributed by atoms with Crippen molar-refractivity contribution in [1.82, 2.24) is 4.90 Å². The zero-order chi connectivity index (χ0) is 16.3. The Morgan fingerprint density at radius 3 is 2.64 bits per heavy atom. The lowest BCUT2D eigenvalue weighted by molar-refractivity contribution is -0.148. The number of aliphatic carboxylic acids is 1. The van der Waals surface area contributed by atoms with Crippen LogP contribution in [0.5, 0.6) is 0 Å². The van der Waals surface area contributed by atoms with E-state index < -0.39 is 35.5 Å². The van der Waals surface area contributed by atoms with Gasteiger partial charge < -0.3 is 14.7 Å². The van der Waals surface area contributed by atoms with E-state index in [2.05, 4.69) is 0 Å². The molecule has 1 aromatic rings. The van der Waals surface area contributed by atoms with Gasteiger partial charge in [-0.05, 0) is 19.1 Å². The highest BCUT2D eigenvalue weighted by Crippen LogP contribution is 2.25. The van der Waals surface area contributed by atoms with E-state index >= 15 is 0 Å². The summed E-state index contributed by atoms with van der Waals surface area (Å²) in [5.74, 6) is -3.98. The lowest BCUT2D eigenvalue weighted by Crippen LogP contribution is -2.47. The van der Waals surface area contributed by atoms with Crippen molar-refractivity contribution in [2.75, 3.05) is 19.7 Å². The number of halogens is 2. The number of benzene rings is 1. The average molecular weight is 313 g/mol. The van der Waals surface area contributed by atoms with Crippen LogP contribution < -0.4 is 0 Å². The second kappa shape index (κ2) is 6.83. The minimum Gasteiger partial charge on any atom is -0.481 e. The molecule has 0 bridgehead atoms. The van der Waals surface area contributed by atoms with Gasteiger partial charge in [0.05, 0.1) is 25.0 Å². The molecule has 0 saturated carbocycles. The first-order chi connectivity index (χ1) is 10.4. The largest absolute Gasteiger partial charge is 0.481 e. The third kappa shape index (κ3) is 3.59. The molecule has 0 spiro atoms. The van der Waals surface area contributed by atoms with Crippen molar-refractivity contribution in [3.63, 3.8) is 0 Å². The maximum atomic E-state index is 13.8. The van der Waals surface area contributed by atoms with Crippen LogP contribution in [0.4, 0.5) is 8.78 Å². The second-order valence-electron chi connectivity index (χ2n) is 5.23. The summed E-state index contributed by atoms with van der Waals surface area (Å²) >= 11 is 0. The standard InChI is InChI=1S/C15H17F2NO4/c1-9(14-11(16)3-2-4-12(14)17)15(21)18-5-6-22-10(8-18)7-13(19)20/h2-4,9-10H,5-8H2,1H3,(H,19,20). The summed E-state index contributed by atoms with van der Waals surface area (Å²) < 4.78 is 32.8. The summed E-state index contributed by atoms with van der Waals surface area (Å²) in [6, 6.07) is 3.45. The summed E-state index contributed by atoms with van der Waals surface area (Å²) in [7, 11) is 0. The molecule has 1 heterocycles. The van der Waals surface area contributed by atoms with Crippen LogP contribution >= 0.6 is 0 Å². The summed E-state index contributed by atoms with van der Waals surface area (Å²) in [5.41, 5.74) is -0.270. The Morgan fingerprint density at radius 1 is 1.41 bits per heavy atom. The molecular formula is C15H17F2NO4. The normalized spacial score (nSPS) is 19.8. The maximum Gasteiger partial charge on any atom is 0.306 e. The van der Waals surface area contributed by atoms with Crippen molar-refractivity contribution in [2.45, 2.75) is 25.4 Å². The first kappa shape index (κ1) is 16.4. The van der Waals surface area contributed by atoms with Gasteiger partial charge in [-0.1, -0.05) is 6.07 Å². The first-order valence-electron chi connectivity index (χ1n) is 6.96. The van der Waals surface area contributed by atoms with Gasteiger partial charge in [0.15, 0.2) is 0 Å². The predicted octanol–water partition coefficient (Wildman–Crippen LogP) is 1.77. The summed E-state index contributed by atoms with van der Waals surface area (Å²) in [4.78, 5) is 24.5. The number of morpholine rings is 1. The quantitative estimate of drug-likeness (QED) is 0.920. The number of hydrogen-bond donors (Lipinski definition) is 1. The fourth-order valence-electron chi connectivity index (χ4n) is 2.56. The molecule has 22 heavy (non-hydrogen) atoms. The second-order valence-corrected chi connectivity index (χ2v) is 5.23. The zero-order valence-electron chi connectivity index (χ0n) is 12.1. The SMILES string of the molecule is CC(C(=O)N1CCOC(CC(=O)O)C1)c1c(F)cccc1F. The zero-order valence-corrected chi connectivity index (χ0v) is 12.1. The molecule has 0 aromatic heterocycles. The molecule has 2 rings (SSSR count). The Bertz CT molecular complexity index is 558. The summed E-state index contributed by atoms with van der Waals surface area (Å²) in [6.07, 6.45) is -0.820. The van der Waals surface area contributed by atoms with Crippen molar-refractivity contribution in [3.05, 3.63) is 35.4 Å². The molecular weight excluding hydrogens is 296 g/mol. The number of carbonyl (C=O) groups is 2. The number of ether oxygens (including phenoxy) is 1. The van der Waals surface area contributed by atoms with Gasteiger partial charge in [0.2, 0.25) is 5.91 Å². The molecule has 0 radical (unpaired) electrons. The number of nitrogens with zero attached hydrogens (tertiary/aromatic N) is 1. The number of carboxylic acids is 1. The highest BCUT2D eigenvalue weighted by atomic mass is 19.1. The Balaban J connectivity index is 2.11. The van der Waals surface area contributed by atoms with Gasteiger partial charge in [-0.15, -0.1) is 0 Å². The van der Waals surface area contributed by atoms with E-state index in [0.717, 1.165) is 12.1 Å². The molecule has 2 atom stereocenters. The smallest absolute Gasteiger partial charge is 0.306 e. The Labute approximate surface area is 126 Å². The van der Waals surface area contributed by atoms with E-state index in [1.54, 1.807) is 0 Å². The lowest BCUT2D eigenvalue weighted by atomic mass is 9.98.